The first-order valence-corrected chi connectivity index (χ1v) is 7.53. The molecular weight excluding hydrogens is 306 g/mol. The largest absolute Gasteiger partial charge is 0.330 e. The Labute approximate surface area is 121 Å². The van der Waals surface area contributed by atoms with Gasteiger partial charge in [0.05, 0.1) is 0 Å². The Kier molecular flexibility index (Phi) is 4.87. The molecule has 2 rings (SSSR count). The van der Waals surface area contributed by atoms with E-state index in [0.29, 0.717) is 6.54 Å². The number of hydrogen-bond donors (Lipinski definition) is 1. The highest BCUT2D eigenvalue weighted by molar-refractivity contribution is 9.10. The molecule has 3 heteroatoms. The molecule has 0 heterocycles. The van der Waals surface area contributed by atoms with Crippen molar-refractivity contribution in [2.75, 3.05) is 6.54 Å². The minimum Gasteiger partial charge on any atom is -0.330 e. The van der Waals surface area contributed by atoms with Crippen LogP contribution in [0.1, 0.15) is 11.1 Å². The van der Waals surface area contributed by atoms with Crippen molar-refractivity contribution in [1.29, 1.82) is 0 Å². The molecule has 0 saturated heterocycles. The minimum atomic E-state index is 0.692. The van der Waals surface area contributed by atoms with E-state index in [1.165, 1.54) is 20.9 Å². The lowest BCUT2D eigenvalue weighted by atomic mass is 10.1. The molecule has 0 fully saturated rings. The Bertz CT molecular complexity index is 523. The fourth-order valence-corrected chi connectivity index (χ4v) is 3.01. The zero-order valence-electron chi connectivity index (χ0n) is 10.3. The van der Waals surface area contributed by atoms with E-state index >= 15 is 0 Å². The Morgan fingerprint density at radius 3 is 2.50 bits per heavy atom. The van der Waals surface area contributed by atoms with E-state index in [0.717, 1.165) is 10.9 Å². The van der Waals surface area contributed by atoms with Crippen molar-refractivity contribution in [2.24, 2.45) is 5.73 Å². The van der Waals surface area contributed by atoms with Crippen LogP contribution >= 0.6 is 27.7 Å². The molecule has 0 radical (unpaired) electrons. The number of aryl methyl sites for hydroxylation is 1. The lowest BCUT2D eigenvalue weighted by Gasteiger charge is -2.09. The van der Waals surface area contributed by atoms with Crippen LogP contribution in [0.25, 0.3) is 0 Å². The Morgan fingerprint density at radius 2 is 1.83 bits per heavy atom. The molecule has 0 aliphatic carbocycles. The number of hydrogen-bond acceptors (Lipinski definition) is 2. The molecule has 2 N–H and O–H groups in total. The Balaban J connectivity index is 2.25. The highest BCUT2D eigenvalue weighted by Crippen LogP contribution is 2.31. The van der Waals surface area contributed by atoms with Gasteiger partial charge in [0.2, 0.25) is 0 Å². The molecule has 0 aliphatic heterocycles. The highest BCUT2D eigenvalue weighted by atomic mass is 79.9. The first-order valence-electron chi connectivity index (χ1n) is 5.92. The van der Waals surface area contributed by atoms with Crippen molar-refractivity contribution >= 4 is 27.7 Å². The molecular formula is C15H16BrNS. The summed E-state index contributed by atoms with van der Waals surface area (Å²) in [7, 11) is 0. The summed E-state index contributed by atoms with van der Waals surface area (Å²) in [5, 5.41) is 0. The summed E-state index contributed by atoms with van der Waals surface area (Å²) in [5.74, 6) is 0. The average molecular weight is 322 g/mol. The van der Waals surface area contributed by atoms with Gasteiger partial charge in [-0.25, -0.2) is 0 Å². The zero-order chi connectivity index (χ0) is 13.0. The van der Waals surface area contributed by atoms with Gasteiger partial charge in [0.25, 0.3) is 0 Å². The smallest absolute Gasteiger partial charge is 0.0176 e. The van der Waals surface area contributed by atoms with Crippen molar-refractivity contribution in [3.63, 3.8) is 0 Å². The first-order chi connectivity index (χ1) is 8.69. The number of nitrogens with two attached hydrogens (primary N) is 1. The van der Waals surface area contributed by atoms with E-state index < -0.39 is 0 Å². The van der Waals surface area contributed by atoms with Crippen LogP contribution in [0.5, 0.6) is 0 Å². The second-order valence-electron chi connectivity index (χ2n) is 4.21. The third-order valence-corrected chi connectivity index (χ3v) is 4.33. The predicted molar refractivity (Wildman–Crippen MR) is 82.2 cm³/mol. The molecule has 0 spiro atoms. The molecule has 1 nitrogen and oxygen atoms in total. The molecule has 0 bridgehead atoms. The van der Waals surface area contributed by atoms with Crippen LogP contribution in [0, 0.1) is 6.92 Å². The van der Waals surface area contributed by atoms with Gasteiger partial charge in [-0.2, -0.15) is 0 Å². The average Bonchev–Trinajstić information content (AvgIpc) is 2.36. The normalized spacial score (nSPS) is 10.6. The Morgan fingerprint density at radius 1 is 1.11 bits per heavy atom. The van der Waals surface area contributed by atoms with Crippen molar-refractivity contribution in [1.82, 2.24) is 0 Å². The summed E-state index contributed by atoms with van der Waals surface area (Å²) in [6.07, 6.45) is 0.931. The van der Waals surface area contributed by atoms with Crippen LogP contribution in [-0.4, -0.2) is 6.54 Å². The second kappa shape index (κ2) is 6.41. The van der Waals surface area contributed by atoms with Gasteiger partial charge in [0.1, 0.15) is 0 Å². The van der Waals surface area contributed by atoms with E-state index in [1.807, 2.05) is 0 Å². The van der Waals surface area contributed by atoms with Crippen molar-refractivity contribution in [2.45, 2.75) is 23.1 Å². The van der Waals surface area contributed by atoms with E-state index in [9.17, 15) is 0 Å². The summed E-state index contributed by atoms with van der Waals surface area (Å²) in [6, 6.07) is 15.0. The third kappa shape index (κ3) is 3.61. The van der Waals surface area contributed by atoms with Gasteiger partial charge < -0.3 is 5.73 Å². The van der Waals surface area contributed by atoms with Gasteiger partial charge in [-0.15, -0.1) is 0 Å². The van der Waals surface area contributed by atoms with Crippen molar-refractivity contribution in [3.05, 3.63) is 58.1 Å². The summed E-state index contributed by atoms with van der Waals surface area (Å²) >= 11 is 5.25. The van der Waals surface area contributed by atoms with E-state index in [4.69, 9.17) is 5.73 Å². The molecule has 0 saturated carbocycles. The number of halogens is 1. The molecule has 0 atom stereocenters. The van der Waals surface area contributed by atoms with Crippen LogP contribution in [0.4, 0.5) is 0 Å². The fraction of sp³-hybridized carbons (Fsp3) is 0.200. The van der Waals surface area contributed by atoms with Gasteiger partial charge in [-0.1, -0.05) is 45.4 Å². The van der Waals surface area contributed by atoms with E-state index in [1.54, 1.807) is 11.8 Å². The SMILES string of the molecule is Cc1ccc(Sc2ccc(Br)cc2)c(CCN)c1. The molecule has 0 aliphatic rings. The van der Waals surface area contributed by atoms with Gasteiger partial charge in [-0.3, -0.25) is 0 Å². The van der Waals surface area contributed by atoms with Gasteiger partial charge in [0.15, 0.2) is 0 Å². The molecule has 0 unspecified atom stereocenters. The van der Waals surface area contributed by atoms with Gasteiger partial charge >= 0.3 is 0 Å². The molecule has 94 valence electrons. The predicted octanol–water partition coefficient (Wildman–Crippen LogP) is 4.41. The van der Waals surface area contributed by atoms with Crippen molar-refractivity contribution in [3.8, 4) is 0 Å². The van der Waals surface area contributed by atoms with E-state index in [-0.39, 0.29) is 0 Å². The quantitative estimate of drug-likeness (QED) is 0.902. The van der Waals surface area contributed by atoms with Crippen LogP contribution < -0.4 is 5.73 Å². The van der Waals surface area contributed by atoms with Crippen LogP contribution in [-0.2, 0) is 6.42 Å². The second-order valence-corrected chi connectivity index (χ2v) is 6.24. The first kappa shape index (κ1) is 13.7. The van der Waals surface area contributed by atoms with E-state index in [2.05, 4.69) is 65.3 Å². The highest BCUT2D eigenvalue weighted by Gasteiger charge is 2.04. The standard InChI is InChI=1S/C15H16BrNS/c1-11-2-7-15(12(10-11)8-9-17)18-14-5-3-13(16)4-6-14/h2-7,10H,8-9,17H2,1H3. The summed E-state index contributed by atoms with van der Waals surface area (Å²) in [5.41, 5.74) is 8.31. The maximum Gasteiger partial charge on any atom is 0.0176 e. The van der Waals surface area contributed by atoms with Crippen LogP contribution in [0.2, 0.25) is 0 Å². The maximum atomic E-state index is 5.68. The monoisotopic (exact) mass is 321 g/mol. The third-order valence-electron chi connectivity index (χ3n) is 2.67. The summed E-state index contributed by atoms with van der Waals surface area (Å²) in [6.45, 7) is 2.81. The van der Waals surface area contributed by atoms with Gasteiger partial charge in [-0.05, 0) is 55.8 Å². The van der Waals surface area contributed by atoms with Gasteiger partial charge in [0, 0.05) is 14.3 Å². The molecule has 0 aromatic heterocycles. The maximum absolute atomic E-state index is 5.68. The topological polar surface area (TPSA) is 26.0 Å². The number of benzene rings is 2. The fourth-order valence-electron chi connectivity index (χ4n) is 1.79. The lowest BCUT2D eigenvalue weighted by molar-refractivity contribution is 0.941. The molecule has 18 heavy (non-hydrogen) atoms. The van der Waals surface area contributed by atoms with Crippen LogP contribution in [0.15, 0.2) is 56.7 Å². The minimum absolute atomic E-state index is 0.692. The zero-order valence-corrected chi connectivity index (χ0v) is 12.7. The molecule has 2 aromatic carbocycles. The molecule has 2 aromatic rings. The lowest BCUT2D eigenvalue weighted by Crippen LogP contribution is -2.03. The molecule has 0 amide bonds. The number of rotatable bonds is 4. The van der Waals surface area contributed by atoms with Crippen molar-refractivity contribution < 1.29 is 0 Å². The van der Waals surface area contributed by atoms with Crippen LogP contribution in [0.3, 0.4) is 0 Å². The Hall–Kier alpha value is -0.770. The summed E-state index contributed by atoms with van der Waals surface area (Å²) in [4.78, 5) is 2.55. The summed E-state index contributed by atoms with van der Waals surface area (Å²) < 4.78 is 1.11.